The average Bonchev–Trinajstić information content (AvgIpc) is 3.26. The number of rotatable bonds is 2. The highest BCUT2D eigenvalue weighted by molar-refractivity contribution is 5.95. The van der Waals surface area contributed by atoms with Crippen LogP contribution in [0.3, 0.4) is 0 Å². The molecule has 0 unspecified atom stereocenters. The molecule has 5 rings (SSSR count). The molecule has 0 fully saturated rings. The van der Waals surface area contributed by atoms with Crippen molar-refractivity contribution in [3.63, 3.8) is 0 Å². The molecule has 9 nitrogen and oxygen atoms in total. The molecule has 1 amide bonds. The first kappa shape index (κ1) is 14.7. The standard InChI is InChI=1S/C17H14N8O/c1-9-13-11(10-2-4-18-5-3-10)6-12(26)23-16(13)25(24-9)17-14-15(20-7-19-14)21-8-22-17/h2-5,7-8,11H,6H2,1H3,(H,23,26)(H,19,20,21,22)/t11-/m0/s1. The van der Waals surface area contributed by atoms with Gasteiger partial charge in [-0.05, 0) is 24.6 Å². The van der Waals surface area contributed by atoms with Gasteiger partial charge in [-0.3, -0.25) is 9.78 Å². The van der Waals surface area contributed by atoms with E-state index in [1.807, 2.05) is 19.1 Å². The first-order valence-corrected chi connectivity index (χ1v) is 8.16. The fourth-order valence-electron chi connectivity index (χ4n) is 3.49. The summed E-state index contributed by atoms with van der Waals surface area (Å²) < 4.78 is 1.65. The number of fused-ring (bicyclic) bond motifs is 2. The summed E-state index contributed by atoms with van der Waals surface area (Å²) in [6, 6.07) is 3.86. The highest BCUT2D eigenvalue weighted by Gasteiger charge is 2.33. The van der Waals surface area contributed by atoms with E-state index in [-0.39, 0.29) is 11.8 Å². The molecule has 1 aliphatic rings. The van der Waals surface area contributed by atoms with Crippen molar-refractivity contribution in [3.05, 3.63) is 54.0 Å². The summed E-state index contributed by atoms with van der Waals surface area (Å²) in [6.45, 7) is 1.94. The molecule has 4 aromatic heterocycles. The van der Waals surface area contributed by atoms with Gasteiger partial charge in [0, 0.05) is 30.3 Å². The second-order valence-corrected chi connectivity index (χ2v) is 6.14. The summed E-state index contributed by atoms with van der Waals surface area (Å²) in [4.78, 5) is 32.1. The van der Waals surface area contributed by atoms with Crippen molar-refractivity contribution in [2.24, 2.45) is 0 Å². The van der Waals surface area contributed by atoms with Crippen molar-refractivity contribution in [1.82, 2.24) is 34.7 Å². The Kier molecular flexibility index (Phi) is 3.08. The first-order valence-electron chi connectivity index (χ1n) is 8.16. The number of anilines is 1. The van der Waals surface area contributed by atoms with Crippen LogP contribution < -0.4 is 5.32 Å². The Labute approximate surface area is 147 Å². The number of amides is 1. The van der Waals surface area contributed by atoms with Crippen LogP contribution in [-0.2, 0) is 4.79 Å². The Morgan fingerprint density at radius 2 is 2.04 bits per heavy atom. The predicted molar refractivity (Wildman–Crippen MR) is 92.9 cm³/mol. The van der Waals surface area contributed by atoms with Crippen molar-refractivity contribution >= 4 is 22.9 Å². The van der Waals surface area contributed by atoms with Crippen molar-refractivity contribution < 1.29 is 4.79 Å². The third-order valence-electron chi connectivity index (χ3n) is 4.61. The zero-order valence-electron chi connectivity index (χ0n) is 13.8. The van der Waals surface area contributed by atoms with Crippen LogP contribution >= 0.6 is 0 Å². The third-order valence-corrected chi connectivity index (χ3v) is 4.61. The van der Waals surface area contributed by atoms with E-state index in [1.54, 1.807) is 23.4 Å². The lowest BCUT2D eigenvalue weighted by Crippen LogP contribution is -2.25. The molecule has 0 aromatic carbocycles. The second-order valence-electron chi connectivity index (χ2n) is 6.14. The number of carbonyl (C=O) groups excluding carboxylic acids is 1. The Morgan fingerprint density at radius 1 is 1.19 bits per heavy atom. The van der Waals surface area contributed by atoms with Gasteiger partial charge in [0.1, 0.15) is 17.7 Å². The van der Waals surface area contributed by atoms with Crippen molar-refractivity contribution in [2.45, 2.75) is 19.3 Å². The molecule has 128 valence electrons. The molecule has 1 atom stereocenters. The molecule has 0 aliphatic carbocycles. The fourth-order valence-corrected chi connectivity index (χ4v) is 3.49. The van der Waals surface area contributed by atoms with Crippen LogP contribution in [0.15, 0.2) is 37.2 Å². The minimum atomic E-state index is -0.0744. The van der Waals surface area contributed by atoms with E-state index in [2.05, 4.69) is 35.3 Å². The first-order chi connectivity index (χ1) is 12.7. The molecule has 0 saturated carbocycles. The molecule has 0 radical (unpaired) electrons. The van der Waals surface area contributed by atoms with E-state index in [1.165, 1.54) is 6.33 Å². The molecular formula is C17H14N8O. The lowest BCUT2D eigenvalue weighted by Gasteiger charge is -2.24. The lowest BCUT2D eigenvalue weighted by atomic mass is 9.86. The second kappa shape index (κ2) is 5.45. The summed E-state index contributed by atoms with van der Waals surface area (Å²) in [5.74, 6) is 1.05. The van der Waals surface area contributed by atoms with E-state index in [4.69, 9.17) is 0 Å². The summed E-state index contributed by atoms with van der Waals surface area (Å²) in [7, 11) is 0. The lowest BCUT2D eigenvalue weighted by molar-refractivity contribution is -0.116. The summed E-state index contributed by atoms with van der Waals surface area (Å²) in [5.41, 5.74) is 4.08. The zero-order valence-corrected chi connectivity index (χ0v) is 13.8. The van der Waals surface area contributed by atoms with Crippen molar-refractivity contribution in [2.75, 3.05) is 5.32 Å². The summed E-state index contributed by atoms with van der Waals surface area (Å²) >= 11 is 0. The number of aryl methyl sites for hydroxylation is 1. The minimum absolute atomic E-state index is 0.0598. The number of hydrogen-bond acceptors (Lipinski definition) is 6. The minimum Gasteiger partial charge on any atom is -0.340 e. The monoisotopic (exact) mass is 346 g/mol. The number of nitrogens with zero attached hydrogens (tertiary/aromatic N) is 6. The molecule has 26 heavy (non-hydrogen) atoms. The van der Waals surface area contributed by atoms with Gasteiger partial charge in [-0.2, -0.15) is 9.78 Å². The number of H-pyrrole nitrogens is 1. The maximum Gasteiger partial charge on any atom is 0.226 e. The van der Waals surface area contributed by atoms with Gasteiger partial charge in [0.25, 0.3) is 0 Å². The Balaban J connectivity index is 1.74. The number of imidazole rings is 1. The molecule has 5 heterocycles. The van der Waals surface area contributed by atoms with Crippen LogP contribution in [0.2, 0.25) is 0 Å². The number of pyridine rings is 1. The molecule has 9 heteroatoms. The van der Waals surface area contributed by atoms with Gasteiger partial charge in [0.05, 0.1) is 12.0 Å². The van der Waals surface area contributed by atoms with Crippen LogP contribution in [-0.4, -0.2) is 40.6 Å². The molecule has 4 aromatic rings. The quantitative estimate of drug-likeness (QED) is 0.571. The van der Waals surface area contributed by atoms with Gasteiger partial charge in [0.15, 0.2) is 11.5 Å². The van der Waals surface area contributed by atoms with E-state index >= 15 is 0 Å². The fraction of sp³-hybridized carbons (Fsp3) is 0.176. The molecule has 0 spiro atoms. The smallest absolute Gasteiger partial charge is 0.226 e. The van der Waals surface area contributed by atoms with Gasteiger partial charge in [-0.15, -0.1) is 0 Å². The van der Waals surface area contributed by atoms with Crippen molar-refractivity contribution in [1.29, 1.82) is 0 Å². The number of nitrogens with one attached hydrogen (secondary N) is 2. The van der Waals surface area contributed by atoms with Gasteiger partial charge in [-0.1, -0.05) is 0 Å². The largest absolute Gasteiger partial charge is 0.340 e. The summed E-state index contributed by atoms with van der Waals surface area (Å²) in [6.07, 6.45) is 6.84. The molecule has 0 bridgehead atoms. The van der Waals surface area contributed by atoms with E-state index in [9.17, 15) is 4.79 Å². The van der Waals surface area contributed by atoms with E-state index in [0.717, 1.165) is 16.8 Å². The van der Waals surface area contributed by atoms with Gasteiger partial charge in [0.2, 0.25) is 5.91 Å². The number of carbonyl (C=O) groups is 1. The average molecular weight is 346 g/mol. The van der Waals surface area contributed by atoms with Gasteiger partial charge >= 0.3 is 0 Å². The van der Waals surface area contributed by atoms with Gasteiger partial charge in [-0.25, -0.2) is 15.0 Å². The summed E-state index contributed by atoms with van der Waals surface area (Å²) in [5, 5.41) is 7.61. The zero-order chi connectivity index (χ0) is 17.7. The molecule has 0 saturated heterocycles. The SMILES string of the molecule is Cc1nn(-c2ncnc3nc[nH]c23)c2c1[C@H](c1ccncc1)CC(=O)N2. The van der Waals surface area contributed by atoms with Crippen LogP contribution in [0.4, 0.5) is 5.82 Å². The van der Waals surface area contributed by atoms with Crippen LogP contribution in [0, 0.1) is 6.92 Å². The maximum absolute atomic E-state index is 12.4. The van der Waals surface area contributed by atoms with E-state index in [0.29, 0.717) is 29.2 Å². The number of hydrogen-bond donors (Lipinski definition) is 2. The number of aromatic amines is 1. The van der Waals surface area contributed by atoms with Gasteiger partial charge < -0.3 is 10.3 Å². The molecule has 2 N–H and O–H groups in total. The Bertz CT molecular complexity index is 1130. The van der Waals surface area contributed by atoms with Crippen LogP contribution in [0.1, 0.15) is 29.2 Å². The third kappa shape index (κ3) is 2.10. The van der Waals surface area contributed by atoms with E-state index < -0.39 is 0 Å². The van der Waals surface area contributed by atoms with Crippen LogP contribution in [0.5, 0.6) is 0 Å². The Hall–Kier alpha value is -3.62. The maximum atomic E-state index is 12.4. The highest BCUT2D eigenvalue weighted by atomic mass is 16.1. The Morgan fingerprint density at radius 3 is 2.88 bits per heavy atom. The topological polar surface area (TPSA) is 114 Å². The predicted octanol–water partition coefficient (Wildman–Crippen LogP) is 1.72. The normalized spacial score (nSPS) is 16.5. The molecule has 1 aliphatic heterocycles. The van der Waals surface area contributed by atoms with Crippen molar-refractivity contribution in [3.8, 4) is 5.82 Å². The van der Waals surface area contributed by atoms with Crippen LogP contribution in [0.25, 0.3) is 17.0 Å². The molecular weight excluding hydrogens is 332 g/mol. The highest BCUT2D eigenvalue weighted by Crippen LogP contribution is 2.40. The number of aromatic nitrogens is 7.